The molecule has 2 N–H and O–H groups in total. The van der Waals surface area contributed by atoms with Crippen LogP contribution in [0.3, 0.4) is 0 Å². The van der Waals surface area contributed by atoms with Crippen LogP contribution in [0.4, 0.5) is 32.5 Å². The quantitative estimate of drug-likeness (QED) is 0.306. The van der Waals surface area contributed by atoms with Gasteiger partial charge in [-0.05, 0) is 90.1 Å². The van der Waals surface area contributed by atoms with E-state index in [9.17, 15) is 14.4 Å². The normalized spacial score (nSPS) is 11.3. The Hall–Kier alpha value is -4.60. The predicted octanol–water partition coefficient (Wildman–Crippen LogP) is 6.73. The van der Waals surface area contributed by atoms with Gasteiger partial charge in [0.15, 0.2) is 0 Å². The molecule has 224 valence electrons. The van der Waals surface area contributed by atoms with Gasteiger partial charge in [0.05, 0.1) is 5.56 Å². The predicted molar refractivity (Wildman–Crippen MR) is 167 cm³/mol. The Bertz CT molecular complexity index is 1390. The van der Waals surface area contributed by atoms with Gasteiger partial charge in [-0.15, -0.1) is 0 Å². The maximum Gasteiger partial charge on any atom is 0.414 e. The standard InChI is InChI=1S/C32H41N5O5/c1-31(2,3)41-29(39)35-27-15-11-12-22(33-27)20-21-37(30(40)42-32(4,5)6)24-18-16-23(17-19-24)34-28(38)25-13-9-10-14-26(25)36(7)8/h9-19H,20-21H2,1-8H3,(H,34,38)(H,33,35,39). The van der Waals surface area contributed by atoms with Crippen LogP contribution in [0.5, 0.6) is 0 Å². The van der Waals surface area contributed by atoms with Crippen molar-refractivity contribution in [3.63, 3.8) is 0 Å². The number of benzene rings is 2. The number of ether oxygens (including phenoxy) is 2. The summed E-state index contributed by atoms with van der Waals surface area (Å²) in [6, 6.07) is 19.6. The number of anilines is 4. The number of pyridine rings is 1. The van der Waals surface area contributed by atoms with Crippen molar-refractivity contribution in [2.45, 2.75) is 59.2 Å². The first-order chi connectivity index (χ1) is 19.6. The lowest BCUT2D eigenvalue weighted by Gasteiger charge is -2.27. The van der Waals surface area contributed by atoms with E-state index in [1.54, 1.807) is 84.0 Å². The number of hydrogen-bond acceptors (Lipinski definition) is 7. The van der Waals surface area contributed by atoms with Crippen molar-refractivity contribution >= 4 is 41.0 Å². The molecular weight excluding hydrogens is 534 g/mol. The molecule has 10 heteroatoms. The Morgan fingerprint density at radius 1 is 0.786 bits per heavy atom. The summed E-state index contributed by atoms with van der Waals surface area (Å²) in [5, 5.41) is 5.57. The molecule has 1 aromatic heterocycles. The minimum Gasteiger partial charge on any atom is -0.444 e. The maximum absolute atomic E-state index is 13.2. The summed E-state index contributed by atoms with van der Waals surface area (Å²) in [4.78, 5) is 46.3. The topological polar surface area (TPSA) is 113 Å². The number of nitrogens with one attached hydrogen (secondary N) is 2. The summed E-state index contributed by atoms with van der Waals surface area (Å²) in [5.41, 5.74) is 1.88. The summed E-state index contributed by atoms with van der Waals surface area (Å²) in [6.45, 7) is 11.0. The molecule has 0 unspecified atom stereocenters. The van der Waals surface area contributed by atoms with Crippen LogP contribution in [0.15, 0.2) is 66.7 Å². The van der Waals surface area contributed by atoms with Gasteiger partial charge in [-0.25, -0.2) is 14.6 Å². The fourth-order valence-electron chi connectivity index (χ4n) is 3.94. The Morgan fingerprint density at radius 3 is 2.05 bits per heavy atom. The monoisotopic (exact) mass is 575 g/mol. The molecule has 0 saturated carbocycles. The number of carbonyl (C=O) groups excluding carboxylic acids is 3. The Labute approximate surface area is 248 Å². The lowest BCUT2D eigenvalue weighted by Crippen LogP contribution is -2.38. The number of aromatic nitrogens is 1. The van der Waals surface area contributed by atoms with Crippen molar-refractivity contribution in [3.05, 3.63) is 78.0 Å². The molecule has 0 spiro atoms. The van der Waals surface area contributed by atoms with E-state index in [1.165, 1.54) is 4.90 Å². The third-order valence-electron chi connectivity index (χ3n) is 5.71. The van der Waals surface area contributed by atoms with Gasteiger partial charge in [0.2, 0.25) is 0 Å². The van der Waals surface area contributed by atoms with E-state index in [4.69, 9.17) is 9.47 Å². The highest BCUT2D eigenvalue weighted by Crippen LogP contribution is 2.24. The highest BCUT2D eigenvalue weighted by atomic mass is 16.6. The molecule has 3 aromatic rings. The molecule has 0 aliphatic carbocycles. The molecule has 10 nitrogen and oxygen atoms in total. The summed E-state index contributed by atoms with van der Waals surface area (Å²) in [5.74, 6) is 0.114. The molecule has 0 aliphatic rings. The highest BCUT2D eigenvalue weighted by Gasteiger charge is 2.24. The third-order valence-corrected chi connectivity index (χ3v) is 5.71. The van der Waals surface area contributed by atoms with Crippen molar-refractivity contribution in [2.24, 2.45) is 0 Å². The molecule has 2 aromatic carbocycles. The summed E-state index contributed by atoms with van der Waals surface area (Å²) in [7, 11) is 3.77. The fraction of sp³-hybridized carbons (Fsp3) is 0.375. The average molecular weight is 576 g/mol. The maximum atomic E-state index is 13.2. The van der Waals surface area contributed by atoms with E-state index < -0.39 is 23.4 Å². The minimum atomic E-state index is -0.696. The van der Waals surface area contributed by atoms with Gasteiger partial charge < -0.3 is 19.7 Å². The molecule has 0 fully saturated rings. The second-order valence-electron chi connectivity index (χ2n) is 11.9. The fourth-order valence-corrected chi connectivity index (χ4v) is 3.94. The van der Waals surface area contributed by atoms with E-state index in [-0.39, 0.29) is 12.5 Å². The van der Waals surface area contributed by atoms with Crippen molar-refractivity contribution < 1.29 is 23.9 Å². The molecule has 0 atom stereocenters. The first-order valence-corrected chi connectivity index (χ1v) is 13.8. The largest absolute Gasteiger partial charge is 0.444 e. The van der Waals surface area contributed by atoms with Gasteiger partial charge >= 0.3 is 12.2 Å². The Morgan fingerprint density at radius 2 is 1.43 bits per heavy atom. The Balaban J connectivity index is 1.76. The van der Waals surface area contributed by atoms with Crippen molar-refractivity contribution in [1.82, 2.24) is 4.98 Å². The van der Waals surface area contributed by atoms with Crippen LogP contribution in [0.1, 0.15) is 57.6 Å². The van der Waals surface area contributed by atoms with E-state index in [1.807, 2.05) is 43.3 Å². The molecule has 3 rings (SSSR count). The highest BCUT2D eigenvalue weighted by molar-refractivity contribution is 6.08. The summed E-state index contributed by atoms with van der Waals surface area (Å²) < 4.78 is 11.0. The van der Waals surface area contributed by atoms with Crippen molar-refractivity contribution in [3.8, 4) is 0 Å². The van der Waals surface area contributed by atoms with Gasteiger partial charge in [-0.3, -0.25) is 15.0 Å². The summed E-state index contributed by atoms with van der Waals surface area (Å²) >= 11 is 0. The zero-order chi connectivity index (χ0) is 31.1. The Kier molecular flexibility index (Phi) is 10.2. The van der Waals surface area contributed by atoms with E-state index in [2.05, 4.69) is 15.6 Å². The van der Waals surface area contributed by atoms with Crippen LogP contribution in [-0.4, -0.2) is 54.9 Å². The molecule has 0 bridgehead atoms. The zero-order valence-corrected chi connectivity index (χ0v) is 25.6. The second-order valence-corrected chi connectivity index (χ2v) is 11.9. The van der Waals surface area contributed by atoms with Crippen LogP contribution in [0, 0.1) is 0 Å². The number of para-hydroxylation sites is 1. The molecule has 0 saturated heterocycles. The van der Waals surface area contributed by atoms with Crippen LogP contribution in [0.2, 0.25) is 0 Å². The van der Waals surface area contributed by atoms with Crippen LogP contribution >= 0.6 is 0 Å². The lowest BCUT2D eigenvalue weighted by atomic mass is 10.1. The van der Waals surface area contributed by atoms with Gasteiger partial charge in [-0.1, -0.05) is 18.2 Å². The van der Waals surface area contributed by atoms with E-state index in [0.717, 1.165) is 5.69 Å². The first kappa shape index (κ1) is 31.9. The molecule has 0 aliphatic heterocycles. The number of hydrogen-bond donors (Lipinski definition) is 2. The molecular formula is C32H41N5O5. The number of carbonyl (C=O) groups is 3. The van der Waals surface area contributed by atoms with Gasteiger partial charge in [-0.2, -0.15) is 0 Å². The number of nitrogens with zero attached hydrogens (tertiary/aromatic N) is 3. The molecule has 0 radical (unpaired) electrons. The third kappa shape index (κ3) is 9.79. The summed E-state index contributed by atoms with van der Waals surface area (Å²) in [6.07, 6.45) is -0.717. The second kappa shape index (κ2) is 13.4. The van der Waals surface area contributed by atoms with Gasteiger partial charge in [0.25, 0.3) is 5.91 Å². The lowest BCUT2D eigenvalue weighted by molar-refractivity contribution is 0.0578. The minimum absolute atomic E-state index is 0.234. The molecule has 3 amide bonds. The van der Waals surface area contributed by atoms with Crippen molar-refractivity contribution in [1.29, 1.82) is 0 Å². The van der Waals surface area contributed by atoms with E-state index in [0.29, 0.717) is 34.9 Å². The first-order valence-electron chi connectivity index (χ1n) is 13.8. The van der Waals surface area contributed by atoms with Crippen LogP contribution < -0.4 is 20.4 Å². The smallest absolute Gasteiger partial charge is 0.414 e. The van der Waals surface area contributed by atoms with Gasteiger partial charge in [0.1, 0.15) is 17.0 Å². The van der Waals surface area contributed by atoms with E-state index >= 15 is 0 Å². The van der Waals surface area contributed by atoms with Crippen LogP contribution in [0.25, 0.3) is 0 Å². The van der Waals surface area contributed by atoms with Crippen LogP contribution in [-0.2, 0) is 15.9 Å². The number of rotatable bonds is 8. The van der Waals surface area contributed by atoms with Gasteiger partial charge in [0, 0.05) is 49.8 Å². The molecule has 42 heavy (non-hydrogen) atoms. The SMILES string of the molecule is CN(C)c1ccccc1C(=O)Nc1ccc(N(CCc2cccc(NC(=O)OC(C)(C)C)n2)C(=O)OC(C)(C)C)cc1. The zero-order valence-electron chi connectivity index (χ0n) is 25.6. The number of amides is 3. The molecule has 1 heterocycles. The van der Waals surface area contributed by atoms with Crippen molar-refractivity contribution in [2.75, 3.05) is 41.1 Å². The average Bonchev–Trinajstić information content (AvgIpc) is 2.87.